The maximum absolute atomic E-state index is 5.38. The van der Waals surface area contributed by atoms with Crippen molar-refractivity contribution in [3.63, 3.8) is 0 Å². The van der Waals surface area contributed by atoms with Crippen LogP contribution < -0.4 is 0 Å². The zero-order chi connectivity index (χ0) is 10.8. The first-order chi connectivity index (χ1) is 7.86. The van der Waals surface area contributed by atoms with E-state index in [0.717, 1.165) is 19.1 Å². The molecular formula is C14H25NO. The van der Waals surface area contributed by atoms with Crippen molar-refractivity contribution in [1.82, 2.24) is 4.90 Å². The second kappa shape index (κ2) is 4.66. The lowest BCUT2D eigenvalue weighted by Crippen LogP contribution is -2.51. The summed E-state index contributed by atoms with van der Waals surface area (Å²) in [6.45, 7) is 6.14. The summed E-state index contributed by atoms with van der Waals surface area (Å²) in [6, 6.07) is 0. The Morgan fingerprint density at radius 3 is 2.25 bits per heavy atom. The first-order valence-corrected chi connectivity index (χ1v) is 7.16. The Labute approximate surface area is 99.3 Å². The molecule has 1 aliphatic carbocycles. The first-order valence-electron chi connectivity index (χ1n) is 7.16. The predicted molar refractivity (Wildman–Crippen MR) is 65.5 cm³/mol. The molecule has 16 heavy (non-hydrogen) atoms. The number of piperidine rings is 1. The van der Waals surface area contributed by atoms with Gasteiger partial charge in [0.15, 0.2) is 0 Å². The van der Waals surface area contributed by atoms with Gasteiger partial charge in [-0.25, -0.2) is 0 Å². The van der Waals surface area contributed by atoms with Crippen LogP contribution in [0.15, 0.2) is 0 Å². The monoisotopic (exact) mass is 223 g/mol. The second-order valence-electron chi connectivity index (χ2n) is 6.30. The Hall–Kier alpha value is -0.0800. The highest BCUT2D eigenvalue weighted by Crippen LogP contribution is 2.38. The van der Waals surface area contributed by atoms with Gasteiger partial charge < -0.3 is 9.64 Å². The van der Waals surface area contributed by atoms with Gasteiger partial charge in [0.25, 0.3) is 0 Å². The molecule has 0 radical (unpaired) electrons. The highest BCUT2D eigenvalue weighted by molar-refractivity contribution is 4.91. The van der Waals surface area contributed by atoms with Crippen molar-refractivity contribution in [2.24, 2.45) is 11.3 Å². The summed E-state index contributed by atoms with van der Waals surface area (Å²) in [5.41, 5.74) is 0.614. The number of nitrogens with zero attached hydrogens (tertiary/aromatic N) is 1. The van der Waals surface area contributed by atoms with Crippen molar-refractivity contribution in [2.45, 2.75) is 44.9 Å². The maximum Gasteiger partial charge on any atom is 0.0545 e. The van der Waals surface area contributed by atoms with E-state index in [1.807, 2.05) is 0 Å². The quantitative estimate of drug-likeness (QED) is 0.713. The van der Waals surface area contributed by atoms with Gasteiger partial charge in [0, 0.05) is 12.0 Å². The van der Waals surface area contributed by atoms with E-state index in [1.165, 1.54) is 64.6 Å². The van der Waals surface area contributed by atoms with Crippen LogP contribution in [0, 0.1) is 11.3 Å². The molecule has 92 valence electrons. The molecule has 0 bridgehead atoms. The normalized spacial score (nSPS) is 31.5. The molecule has 2 heterocycles. The van der Waals surface area contributed by atoms with Gasteiger partial charge in [-0.05, 0) is 44.7 Å². The molecule has 3 aliphatic rings. The van der Waals surface area contributed by atoms with Crippen molar-refractivity contribution < 1.29 is 4.74 Å². The van der Waals surface area contributed by atoms with Crippen LogP contribution in [0.1, 0.15) is 44.9 Å². The number of likely N-dealkylation sites (tertiary alicyclic amines) is 1. The molecule has 2 aliphatic heterocycles. The Balaban J connectivity index is 1.43. The molecule has 0 amide bonds. The molecule has 2 saturated heterocycles. The Morgan fingerprint density at radius 1 is 1.00 bits per heavy atom. The third-order valence-corrected chi connectivity index (χ3v) is 4.97. The minimum Gasteiger partial charge on any atom is -0.380 e. The summed E-state index contributed by atoms with van der Waals surface area (Å²) in [5, 5.41) is 0. The molecule has 0 atom stereocenters. The van der Waals surface area contributed by atoms with Gasteiger partial charge in [0.05, 0.1) is 13.2 Å². The van der Waals surface area contributed by atoms with Crippen LogP contribution in [0.2, 0.25) is 0 Å². The summed E-state index contributed by atoms with van der Waals surface area (Å²) in [7, 11) is 0. The van der Waals surface area contributed by atoms with Gasteiger partial charge in [0.2, 0.25) is 0 Å². The van der Waals surface area contributed by atoms with Crippen LogP contribution in [0.4, 0.5) is 0 Å². The van der Waals surface area contributed by atoms with E-state index >= 15 is 0 Å². The minimum absolute atomic E-state index is 0.614. The van der Waals surface area contributed by atoms with Crippen molar-refractivity contribution >= 4 is 0 Å². The fraction of sp³-hybridized carbons (Fsp3) is 1.00. The first kappa shape index (κ1) is 11.0. The van der Waals surface area contributed by atoms with Crippen LogP contribution in [-0.4, -0.2) is 37.7 Å². The highest BCUT2D eigenvalue weighted by atomic mass is 16.5. The SMILES string of the molecule is C1CCC(CN2CCC3(CC2)COC3)CC1. The number of ether oxygens (including phenoxy) is 1. The lowest BCUT2D eigenvalue weighted by Gasteiger charge is -2.48. The molecule has 0 aromatic carbocycles. The van der Waals surface area contributed by atoms with E-state index in [0.29, 0.717) is 5.41 Å². The van der Waals surface area contributed by atoms with Crippen molar-refractivity contribution in [3.8, 4) is 0 Å². The molecule has 0 aromatic heterocycles. The number of hydrogen-bond acceptors (Lipinski definition) is 2. The summed E-state index contributed by atoms with van der Waals surface area (Å²) in [5.74, 6) is 1.01. The fourth-order valence-corrected chi connectivity index (χ4v) is 3.62. The molecule has 0 unspecified atom stereocenters. The van der Waals surface area contributed by atoms with E-state index in [-0.39, 0.29) is 0 Å². The van der Waals surface area contributed by atoms with Crippen molar-refractivity contribution in [3.05, 3.63) is 0 Å². The summed E-state index contributed by atoms with van der Waals surface area (Å²) >= 11 is 0. The fourth-order valence-electron chi connectivity index (χ4n) is 3.62. The Morgan fingerprint density at radius 2 is 1.69 bits per heavy atom. The minimum atomic E-state index is 0.614. The van der Waals surface area contributed by atoms with Crippen LogP contribution in [0.5, 0.6) is 0 Å². The third-order valence-electron chi connectivity index (χ3n) is 4.97. The maximum atomic E-state index is 5.38. The van der Waals surface area contributed by atoms with Gasteiger partial charge in [-0.15, -0.1) is 0 Å². The van der Waals surface area contributed by atoms with Crippen LogP contribution in [-0.2, 0) is 4.74 Å². The Bertz CT molecular complexity index is 221. The average molecular weight is 223 g/mol. The van der Waals surface area contributed by atoms with E-state index in [9.17, 15) is 0 Å². The molecule has 1 spiro atoms. The van der Waals surface area contributed by atoms with Crippen LogP contribution in [0.25, 0.3) is 0 Å². The zero-order valence-electron chi connectivity index (χ0n) is 10.4. The van der Waals surface area contributed by atoms with Crippen molar-refractivity contribution in [1.29, 1.82) is 0 Å². The average Bonchev–Trinajstić information content (AvgIpc) is 2.29. The lowest BCUT2D eigenvalue weighted by atomic mass is 9.76. The van der Waals surface area contributed by atoms with Crippen molar-refractivity contribution in [2.75, 3.05) is 32.8 Å². The molecule has 0 aromatic rings. The number of hydrogen-bond donors (Lipinski definition) is 0. The molecule has 0 N–H and O–H groups in total. The topological polar surface area (TPSA) is 12.5 Å². The van der Waals surface area contributed by atoms with E-state index in [4.69, 9.17) is 4.74 Å². The third kappa shape index (κ3) is 2.28. The van der Waals surface area contributed by atoms with E-state index in [1.54, 1.807) is 0 Å². The summed E-state index contributed by atoms with van der Waals surface area (Å²) in [6.07, 6.45) is 10.2. The molecule has 2 nitrogen and oxygen atoms in total. The molecule has 3 fully saturated rings. The molecular weight excluding hydrogens is 198 g/mol. The largest absolute Gasteiger partial charge is 0.380 e. The number of rotatable bonds is 2. The van der Waals surface area contributed by atoms with Gasteiger partial charge in [-0.1, -0.05) is 19.3 Å². The second-order valence-corrected chi connectivity index (χ2v) is 6.30. The smallest absolute Gasteiger partial charge is 0.0545 e. The molecule has 1 saturated carbocycles. The van der Waals surface area contributed by atoms with E-state index < -0.39 is 0 Å². The predicted octanol–water partition coefficient (Wildman–Crippen LogP) is 2.68. The lowest BCUT2D eigenvalue weighted by molar-refractivity contribution is -0.140. The highest BCUT2D eigenvalue weighted by Gasteiger charge is 2.41. The standard InChI is InChI=1S/C14H25NO/c1-2-4-13(5-3-1)10-15-8-6-14(7-9-15)11-16-12-14/h13H,1-12H2. The Kier molecular flexibility index (Phi) is 3.21. The summed E-state index contributed by atoms with van der Waals surface area (Å²) in [4.78, 5) is 2.72. The molecule has 3 rings (SSSR count). The van der Waals surface area contributed by atoms with Gasteiger partial charge >= 0.3 is 0 Å². The zero-order valence-corrected chi connectivity index (χ0v) is 10.4. The molecule has 2 heteroatoms. The van der Waals surface area contributed by atoms with Gasteiger partial charge in [0.1, 0.15) is 0 Å². The van der Waals surface area contributed by atoms with Gasteiger partial charge in [-0.2, -0.15) is 0 Å². The summed E-state index contributed by atoms with van der Waals surface area (Å²) < 4.78 is 5.38. The van der Waals surface area contributed by atoms with E-state index in [2.05, 4.69) is 4.90 Å². The van der Waals surface area contributed by atoms with Crippen LogP contribution >= 0.6 is 0 Å². The van der Waals surface area contributed by atoms with Gasteiger partial charge in [-0.3, -0.25) is 0 Å². The van der Waals surface area contributed by atoms with Crippen LogP contribution in [0.3, 0.4) is 0 Å².